The molecule has 0 N–H and O–H groups in total. The maximum absolute atomic E-state index is 12.4. The van der Waals surface area contributed by atoms with Gasteiger partial charge in [0, 0.05) is 30.1 Å². The first kappa shape index (κ1) is 14.7. The molecule has 4 nitrogen and oxygen atoms in total. The summed E-state index contributed by atoms with van der Waals surface area (Å²) in [5, 5.41) is 0.701. The molecule has 1 aromatic rings. The van der Waals surface area contributed by atoms with Crippen LogP contribution in [0.5, 0.6) is 5.75 Å². The Morgan fingerprint density at radius 2 is 2.24 bits per heavy atom. The van der Waals surface area contributed by atoms with E-state index >= 15 is 0 Å². The van der Waals surface area contributed by atoms with Gasteiger partial charge in [-0.1, -0.05) is 11.6 Å². The number of likely N-dealkylation sites (tertiary alicyclic amines) is 1. The van der Waals surface area contributed by atoms with Crippen LogP contribution in [-0.4, -0.2) is 43.2 Å². The molecule has 2 heterocycles. The minimum atomic E-state index is -0.481. The number of carbonyl (C=O) groups is 1. The molecule has 114 valence electrons. The summed E-state index contributed by atoms with van der Waals surface area (Å²) in [4.78, 5) is 14.2. The Morgan fingerprint density at radius 3 is 2.86 bits per heavy atom. The molecule has 1 aromatic carbocycles. The maximum Gasteiger partial charge on any atom is 0.263 e. The molecule has 21 heavy (non-hydrogen) atoms. The summed E-state index contributed by atoms with van der Waals surface area (Å²) in [5.41, 5.74) is 1.16. The summed E-state index contributed by atoms with van der Waals surface area (Å²) in [7, 11) is 0. The number of hydrogen-bond donors (Lipinski definition) is 0. The van der Waals surface area contributed by atoms with Gasteiger partial charge in [0.2, 0.25) is 0 Å². The molecule has 2 fully saturated rings. The third kappa shape index (κ3) is 2.87. The van der Waals surface area contributed by atoms with Gasteiger partial charge >= 0.3 is 0 Å². The highest BCUT2D eigenvalue weighted by Crippen LogP contribution is 2.38. The summed E-state index contributed by atoms with van der Waals surface area (Å²) in [6.45, 7) is 6.89. The van der Waals surface area contributed by atoms with Gasteiger partial charge < -0.3 is 14.4 Å². The van der Waals surface area contributed by atoms with Crippen molar-refractivity contribution in [2.45, 2.75) is 26.4 Å². The van der Waals surface area contributed by atoms with E-state index in [2.05, 4.69) is 0 Å². The van der Waals surface area contributed by atoms with Crippen molar-refractivity contribution in [3.05, 3.63) is 28.8 Å². The van der Waals surface area contributed by atoms with E-state index in [1.54, 1.807) is 19.1 Å². The van der Waals surface area contributed by atoms with Crippen LogP contribution in [0.15, 0.2) is 18.2 Å². The number of ether oxygens (including phenoxy) is 2. The standard InChI is InChI=1S/C16H20ClNO3/c1-11-7-13(3-4-14(11)17)21-12(2)15(19)18-8-16(9-18)5-6-20-10-16/h3-4,7,12H,5-6,8-10H2,1-2H3. The lowest BCUT2D eigenvalue weighted by Crippen LogP contribution is -2.61. The van der Waals surface area contributed by atoms with Gasteiger partial charge in [0.25, 0.3) is 5.91 Å². The lowest BCUT2D eigenvalue weighted by Gasteiger charge is -2.47. The molecule has 5 heteroatoms. The summed E-state index contributed by atoms with van der Waals surface area (Å²) in [6, 6.07) is 5.44. The van der Waals surface area contributed by atoms with Gasteiger partial charge in [0.05, 0.1) is 6.61 Å². The van der Waals surface area contributed by atoms with Crippen LogP contribution in [0.3, 0.4) is 0 Å². The minimum absolute atomic E-state index is 0.0418. The van der Waals surface area contributed by atoms with Crippen LogP contribution in [0, 0.1) is 12.3 Å². The average molecular weight is 310 g/mol. The second kappa shape index (κ2) is 5.50. The van der Waals surface area contributed by atoms with Gasteiger partial charge in [-0.15, -0.1) is 0 Å². The van der Waals surface area contributed by atoms with E-state index < -0.39 is 6.10 Å². The second-order valence-electron chi connectivity index (χ2n) is 6.17. The fraction of sp³-hybridized carbons (Fsp3) is 0.562. The first-order chi connectivity index (χ1) is 9.99. The van der Waals surface area contributed by atoms with Gasteiger partial charge in [-0.05, 0) is 44.0 Å². The predicted octanol–water partition coefficient (Wildman–Crippen LogP) is 2.66. The van der Waals surface area contributed by atoms with Gasteiger partial charge in [-0.25, -0.2) is 0 Å². The monoisotopic (exact) mass is 309 g/mol. The molecule has 2 aliphatic heterocycles. The van der Waals surface area contributed by atoms with Crippen LogP contribution in [0.1, 0.15) is 18.9 Å². The number of rotatable bonds is 3. The van der Waals surface area contributed by atoms with E-state index in [9.17, 15) is 4.79 Å². The highest BCUT2D eigenvalue weighted by Gasteiger charge is 2.48. The summed E-state index contributed by atoms with van der Waals surface area (Å²) in [6.07, 6.45) is 0.577. The molecule has 2 aliphatic rings. The van der Waals surface area contributed by atoms with Crippen LogP contribution in [0.4, 0.5) is 0 Å². The van der Waals surface area contributed by atoms with Crippen LogP contribution in [0.25, 0.3) is 0 Å². The molecular formula is C16H20ClNO3. The van der Waals surface area contributed by atoms with Crippen LogP contribution in [0.2, 0.25) is 5.02 Å². The minimum Gasteiger partial charge on any atom is -0.481 e. The number of hydrogen-bond acceptors (Lipinski definition) is 3. The summed E-state index contributed by atoms with van der Waals surface area (Å²) in [5.74, 6) is 0.720. The number of aryl methyl sites for hydroxylation is 1. The summed E-state index contributed by atoms with van der Waals surface area (Å²) < 4.78 is 11.2. The third-order valence-electron chi connectivity index (χ3n) is 4.34. The van der Waals surface area contributed by atoms with Gasteiger partial charge in [-0.2, -0.15) is 0 Å². The molecule has 1 amide bonds. The quantitative estimate of drug-likeness (QED) is 0.861. The van der Waals surface area contributed by atoms with Crippen molar-refractivity contribution in [2.75, 3.05) is 26.3 Å². The van der Waals surface area contributed by atoms with Crippen molar-refractivity contribution in [1.29, 1.82) is 0 Å². The number of amides is 1. The molecule has 1 unspecified atom stereocenters. The first-order valence-electron chi connectivity index (χ1n) is 7.28. The van der Waals surface area contributed by atoms with E-state index in [0.717, 1.165) is 38.3 Å². The van der Waals surface area contributed by atoms with E-state index in [-0.39, 0.29) is 11.3 Å². The average Bonchev–Trinajstić information content (AvgIpc) is 2.90. The number of carbonyl (C=O) groups excluding carboxylic acids is 1. The molecule has 0 radical (unpaired) electrons. The Bertz CT molecular complexity index is 546. The van der Waals surface area contributed by atoms with E-state index in [1.807, 2.05) is 17.9 Å². The lowest BCUT2D eigenvalue weighted by molar-refractivity contribution is -0.150. The molecular weight excluding hydrogens is 290 g/mol. The van der Waals surface area contributed by atoms with Crippen molar-refractivity contribution in [2.24, 2.45) is 5.41 Å². The zero-order valence-corrected chi connectivity index (χ0v) is 13.2. The van der Waals surface area contributed by atoms with Gasteiger partial charge in [0.15, 0.2) is 6.10 Å². The van der Waals surface area contributed by atoms with Crippen LogP contribution in [-0.2, 0) is 9.53 Å². The van der Waals surface area contributed by atoms with Crippen LogP contribution >= 0.6 is 11.6 Å². The van der Waals surface area contributed by atoms with Gasteiger partial charge in [0.1, 0.15) is 5.75 Å². The molecule has 1 spiro atoms. The van der Waals surface area contributed by atoms with Crippen molar-refractivity contribution in [3.8, 4) is 5.75 Å². The number of halogens is 1. The fourth-order valence-electron chi connectivity index (χ4n) is 3.02. The van der Waals surface area contributed by atoms with E-state index in [1.165, 1.54) is 0 Å². The molecule has 3 rings (SSSR count). The van der Waals surface area contributed by atoms with Crippen molar-refractivity contribution < 1.29 is 14.3 Å². The molecule has 0 aromatic heterocycles. The first-order valence-corrected chi connectivity index (χ1v) is 7.66. The normalized spacial score (nSPS) is 21.2. The second-order valence-corrected chi connectivity index (χ2v) is 6.58. The van der Waals surface area contributed by atoms with Gasteiger partial charge in [-0.3, -0.25) is 4.79 Å². The van der Waals surface area contributed by atoms with E-state index in [4.69, 9.17) is 21.1 Å². The predicted molar refractivity (Wildman–Crippen MR) is 80.7 cm³/mol. The maximum atomic E-state index is 12.4. The van der Waals surface area contributed by atoms with Crippen LogP contribution < -0.4 is 4.74 Å². The lowest BCUT2D eigenvalue weighted by atomic mass is 9.79. The SMILES string of the molecule is Cc1cc(OC(C)C(=O)N2CC3(CCOC3)C2)ccc1Cl. The zero-order valence-electron chi connectivity index (χ0n) is 12.4. The van der Waals surface area contributed by atoms with Crippen molar-refractivity contribution >= 4 is 17.5 Å². The molecule has 1 atom stereocenters. The zero-order chi connectivity index (χ0) is 15.0. The molecule has 0 bridgehead atoms. The largest absolute Gasteiger partial charge is 0.481 e. The Balaban J connectivity index is 1.56. The Hall–Kier alpha value is -1.26. The number of benzene rings is 1. The van der Waals surface area contributed by atoms with Crippen molar-refractivity contribution in [3.63, 3.8) is 0 Å². The smallest absolute Gasteiger partial charge is 0.263 e. The molecule has 0 aliphatic carbocycles. The molecule has 0 saturated carbocycles. The number of nitrogens with zero attached hydrogens (tertiary/aromatic N) is 1. The Kier molecular flexibility index (Phi) is 3.84. The fourth-order valence-corrected chi connectivity index (χ4v) is 3.14. The van der Waals surface area contributed by atoms with Crippen molar-refractivity contribution in [1.82, 2.24) is 4.90 Å². The highest BCUT2D eigenvalue weighted by molar-refractivity contribution is 6.31. The summed E-state index contributed by atoms with van der Waals surface area (Å²) >= 11 is 5.99. The molecule has 2 saturated heterocycles. The third-order valence-corrected chi connectivity index (χ3v) is 4.76. The highest BCUT2D eigenvalue weighted by atomic mass is 35.5. The Morgan fingerprint density at radius 1 is 1.48 bits per heavy atom. The Labute approximate surface area is 130 Å². The van der Waals surface area contributed by atoms with E-state index in [0.29, 0.717) is 10.8 Å². The topological polar surface area (TPSA) is 38.8 Å².